The van der Waals surface area contributed by atoms with Gasteiger partial charge in [0.15, 0.2) is 5.82 Å². The van der Waals surface area contributed by atoms with Crippen LogP contribution in [-0.4, -0.2) is 46.2 Å². The van der Waals surface area contributed by atoms with Crippen molar-refractivity contribution in [3.8, 4) is 11.3 Å². The lowest BCUT2D eigenvalue weighted by molar-refractivity contribution is -0.122. The van der Waals surface area contributed by atoms with E-state index in [1.165, 1.54) is 0 Å². The lowest BCUT2D eigenvalue weighted by atomic mass is 9.69. The molecule has 10 nitrogen and oxygen atoms in total. The van der Waals surface area contributed by atoms with E-state index in [1.807, 2.05) is 79.6 Å². The molecule has 0 bridgehead atoms. The van der Waals surface area contributed by atoms with Crippen molar-refractivity contribution in [1.82, 2.24) is 40.3 Å². The number of hydrogen-bond acceptors (Lipinski definition) is 7. The Labute approximate surface area is 319 Å². The van der Waals surface area contributed by atoms with Gasteiger partial charge >= 0.3 is 0 Å². The second-order valence-corrected chi connectivity index (χ2v) is 14.3. The third-order valence-corrected chi connectivity index (χ3v) is 11.2. The standard InChI is InChI=1S/C23H18N4.C22H21N5O/c1-2-6-17(7-3-1)22-20-10-11-23(14-21(20)26-27-22,18-8-4-12-24-15-18)19-9-5-13-25-16-19;28-21(15-4-1-5-15)25-20-18-8-9-22(12-19(18)26-27-20,16-6-2-10-23-13-16)17-7-3-11-24-14-17/h1-13,15-16H,14H2,(H,26,27);2-3,6-11,13-15H,1,4-5,12H2,(H2,25,26,27,28). The van der Waals surface area contributed by atoms with Crippen molar-refractivity contribution >= 4 is 23.9 Å². The van der Waals surface area contributed by atoms with E-state index >= 15 is 0 Å². The number of amides is 1. The van der Waals surface area contributed by atoms with Gasteiger partial charge in [0, 0.05) is 107 Å². The molecule has 1 amide bonds. The molecule has 0 unspecified atom stereocenters. The highest BCUT2D eigenvalue weighted by molar-refractivity contribution is 5.94. The van der Waals surface area contributed by atoms with E-state index in [4.69, 9.17) is 0 Å². The molecule has 0 aliphatic heterocycles. The van der Waals surface area contributed by atoms with Crippen molar-refractivity contribution in [2.45, 2.75) is 42.9 Å². The molecule has 0 atom stereocenters. The summed E-state index contributed by atoms with van der Waals surface area (Å²) in [5.74, 6) is 0.823. The van der Waals surface area contributed by atoms with E-state index in [9.17, 15) is 4.79 Å². The van der Waals surface area contributed by atoms with Crippen LogP contribution < -0.4 is 5.32 Å². The van der Waals surface area contributed by atoms with Crippen LogP contribution in [0.2, 0.25) is 0 Å². The summed E-state index contributed by atoms with van der Waals surface area (Å²) in [7, 11) is 0. The van der Waals surface area contributed by atoms with Gasteiger partial charge in [-0.1, -0.05) is 85.3 Å². The average Bonchev–Trinajstić information content (AvgIpc) is 3.85. The number of anilines is 1. The number of rotatable bonds is 7. The van der Waals surface area contributed by atoms with Gasteiger partial charge in [0.1, 0.15) is 0 Å². The number of carbonyl (C=O) groups is 1. The minimum Gasteiger partial charge on any atom is -0.308 e. The third-order valence-electron chi connectivity index (χ3n) is 11.2. The zero-order chi connectivity index (χ0) is 37.1. The normalized spacial score (nSPS) is 16.1. The molecular weight excluding hydrogens is 683 g/mol. The van der Waals surface area contributed by atoms with E-state index in [0.717, 1.165) is 81.7 Å². The van der Waals surface area contributed by atoms with E-state index in [-0.39, 0.29) is 22.7 Å². The molecule has 6 heterocycles. The molecular formula is C45H39N9O. The second kappa shape index (κ2) is 14.5. The third kappa shape index (κ3) is 6.35. The predicted octanol–water partition coefficient (Wildman–Crippen LogP) is 7.92. The van der Waals surface area contributed by atoms with Crippen molar-refractivity contribution in [2.75, 3.05) is 5.32 Å². The van der Waals surface area contributed by atoms with E-state index < -0.39 is 0 Å². The predicted molar refractivity (Wildman–Crippen MR) is 213 cm³/mol. The largest absolute Gasteiger partial charge is 0.308 e. The Bertz CT molecular complexity index is 2380. The van der Waals surface area contributed by atoms with Gasteiger partial charge in [-0.15, -0.1) is 0 Å². The first kappa shape index (κ1) is 34.0. The SMILES string of the molecule is C1=CC(c2cccnc2)(c2cccnc2)Cc2[nH]nc(-c3ccccc3)c21.O=C(Nc1n[nH]c2c1C=CC(c1cccnc1)(c1cccnc1)C2)C1CCC1. The molecule has 10 heteroatoms. The Morgan fingerprint density at radius 2 is 1.09 bits per heavy atom. The minimum atomic E-state index is -0.378. The van der Waals surface area contributed by atoms with E-state index in [0.29, 0.717) is 12.2 Å². The number of nitrogens with zero attached hydrogens (tertiary/aromatic N) is 6. The van der Waals surface area contributed by atoms with Crippen LogP contribution in [0.3, 0.4) is 0 Å². The molecule has 270 valence electrons. The molecule has 3 aliphatic carbocycles. The van der Waals surface area contributed by atoms with Crippen molar-refractivity contribution in [3.05, 3.63) is 185 Å². The first-order chi connectivity index (χ1) is 27.1. The molecule has 1 saturated carbocycles. The molecule has 7 aromatic rings. The van der Waals surface area contributed by atoms with Gasteiger partial charge in [-0.05, 0) is 59.4 Å². The molecule has 0 radical (unpaired) electrons. The van der Waals surface area contributed by atoms with Gasteiger partial charge in [0.05, 0.1) is 5.69 Å². The van der Waals surface area contributed by atoms with Crippen LogP contribution in [0, 0.1) is 5.92 Å². The summed E-state index contributed by atoms with van der Waals surface area (Å²) in [4.78, 5) is 29.7. The van der Waals surface area contributed by atoms with Crippen LogP contribution in [0.15, 0.2) is 141 Å². The number of carbonyl (C=O) groups excluding carboxylic acids is 1. The quantitative estimate of drug-likeness (QED) is 0.152. The number of allylic oxidation sites excluding steroid dienone is 2. The fourth-order valence-electron chi connectivity index (χ4n) is 7.96. The number of H-pyrrole nitrogens is 2. The zero-order valence-electron chi connectivity index (χ0n) is 30.1. The molecule has 3 N–H and O–H groups in total. The maximum Gasteiger partial charge on any atom is 0.228 e. The number of fused-ring (bicyclic) bond motifs is 2. The smallest absolute Gasteiger partial charge is 0.228 e. The van der Waals surface area contributed by atoms with E-state index in [1.54, 1.807) is 12.4 Å². The Kier molecular flexibility index (Phi) is 8.99. The summed E-state index contributed by atoms with van der Waals surface area (Å²) >= 11 is 0. The number of hydrogen-bond donors (Lipinski definition) is 3. The number of aromatic nitrogens is 8. The van der Waals surface area contributed by atoms with Crippen molar-refractivity contribution in [2.24, 2.45) is 5.92 Å². The van der Waals surface area contributed by atoms with Crippen LogP contribution in [0.25, 0.3) is 23.4 Å². The monoisotopic (exact) mass is 721 g/mol. The van der Waals surface area contributed by atoms with Crippen LogP contribution in [0.1, 0.15) is 64.0 Å². The van der Waals surface area contributed by atoms with Crippen molar-refractivity contribution in [1.29, 1.82) is 0 Å². The highest BCUT2D eigenvalue weighted by Gasteiger charge is 2.39. The van der Waals surface area contributed by atoms with Crippen molar-refractivity contribution < 1.29 is 4.79 Å². The van der Waals surface area contributed by atoms with Gasteiger partial charge in [0.25, 0.3) is 0 Å². The summed E-state index contributed by atoms with van der Waals surface area (Å²) in [6.45, 7) is 0. The summed E-state index contributed by atoms with van der Waals surface area (Å²) in [5, 5.41) is 18.4. The van der Waals surface area contributed by atoms with Crippen LogP contribution in [-0.2, 0) is 28.5 Å². The number of nitrogens with one attached hydrogen (secondary N) is 3. The maximum absolute atomic E-state index is 12.3. The van der Waals surface area contributed by atoms with Gasteiger partial charge in [-0.2, -0.15) is 10.2 Å². The molecule has 1 aromatic carbocycles. The highest BCUT2D eigenvalue weighted by Crippen LogP contribution is 2.44. The Morgan fingerprint density at radius 3 is 1.56 bits per heavy atom. The number of pyridine rings is 4. The maximum atomic E-state index is 12.3. The summed E-state index contributed by atoms with van der Waals surface area (Å²) in [6.07, 6.45) is 28.1. The molecule has 3 aliphatic rings. The van der Waals surface area contributed by atoms with Crippen LogP contribution in [0.5, 0.6) is 0 Å². The lowest BCUT2D eigenvalue weighted by Gasteiger charge is -2.33. The summed E-state index contributed by atoms with van der Waals surface area (Å²) < 4.78 is 0. The first-order valence-electron chi connectivity index (χ1n) is 18.6. The topological polar surface area (TPSA) is 138 Å². The van der Waals surface area contributed by atoms with Gasteiger partial charge in [-0.3, -0.25) is 34.9 Å². The fraction of sp³-hybridized carbons (Fsp3) is 0.178. The number of benzene rings is 1. The Balaban J connectivity index is 0.000000144. The molecule has 0 spiro atoms. The first-order valence-corrected chi connectivity index (χ1v) is 18.6. The van der Waals surface area contributed by atoms with Gasteiger partial charge in [0.2, 0.25) is 5.91 Å². The molecule has 0 saturated heterocycles. The van der Waals surface area contributed by atoms with Crippen LogP contribution >= 0.6 is 0 Å². The molecule has 6 aromatic heterocycles. The zero-order valence-corrected chi connectivity index (χ0v) is 30.1. The van der Waals surface area contributed by atoms with E-state index in [2.05, 4.69) is 106 Å². The lowest BCUT2D eigenvalue weighted by Crippen LogP contribution is -2.31. The van der Waals surface area contributed by atoms with Gasteiger partial charge < -0.3 is 5.32 Å². The summed E-state index contributed by atoms with van der Waals surface area (Å²) in [6, 6.07) is 26.6. The average molecular weight is 722 g/mol. The van der Waals surface area contributed by atoms with Crippen LogP contribution in [0.4, 0.5) is 5.82 Å². The van der Waals surface area contributed by atoms with Crippen molar-refractivity contribution in [3.63, 3.8) is 0 Å². The van der Waals surface area contributed by atoms with Gasteiger partial charge in [-0.25, -0.2) is 0 Å². The Morgan fingerprint density at radius 1 is 0.600 bits per heavy atom. The number of aromatic amines is 2. The summed E-state index contributed by atoms with van der Waals surface area (Å²) in [5.41, 5.74) is 10.2. The Hall–Kier alpha value is -6.81. The highest BCUT2D eigenvalue weighted by atomic mass is 16.2. The molecule has 1 fully saturated rings. The minimum absolute atomic E-state index is 0.0744. The molecule has 10 rings (SSSR count). The molecule has 55 heavy (non-hydrogen) atoms. The second-order valence-electron chi connectivity index (χ2n) is 14.3. The fourth-order valence-corrected chi connectivity index (χ4v) is 7.96.